The highest BCUT2D eigenvalue weighted by Crippen LogP contribution is 2.31. The van der Waals surface area contributed by atoms with Gasteiger partial charge in [0.05, 0.1) is 10.3 Å². The number of aryl methyl sites for hydroxylation is 1. The van der Waals surface area contributed by atoms with E-state index in [0.29, 0.717) is 30.5 Å². The standard InChI is InChI=1S/C16H22N2O5S/c1-10-7-12(8-13(11(10)2)24(17,22)23)14(19)18-6-4-5-16(3,9-18)15(20)21/h7-8H,4-6,9H2,1-3H3,(H,20,21)(H2,17,22,23). The predicted octanol–water partition coefficient (Wildman–Crippen LogP) is 1.28. The molecule has 1 aromatic rings. The SMILES string of the molecule is Cc1cc(C(=O)N2CCCC(C)(C(=O)O)C2)cc(S(N)(=O)=O)c1C. The Morgan fingerprint density at radius 2 is 1.92 bits per heavy atom. The molecule has 1 aromatic carbocycles. The van der Waals surface area contributed by atoms with Crippen LogP contribution in [0.3, 0.4) is 0 Å². The molecule has 1 saturated heterocycles. The maximum Gasteiger partial charge on any atom is 0.311 e. The van der Waals surface area contributed by atoms with Crippen molar-refractivity contribution in [3.63, 3.8) is 0 Å². The molecule has 3 N–H and O–H groups in total. The number of likely N-dealkylation sites (tertiary alicyclic amines) is 1. The lowest BCUT2D eigenvalue weighted by Gasteiger charge is -2.37. The number of benzene rings is 1. The van der Waals surface area contributed by atoms with Gasteiger partial charge in [-0.2, -0.15) is 0 Å². The number of aliphatic carboxylic acids is 1. The Kier molecular flexibility index (Phi) is 4.74. The smallest absolute Gasteiger partial charge is 0.311 e. The number of hydrogen-bond donors (Lipinski definition) is 2. The first-order chi connectivity index (χ1) is 11.0. The molecule has 0 aromatic heterocycles. The number of hydrogen-bond acceptors (Lipinski definition) is 4. The van der Waals surface area contributed by atoms with Gasteiger partial charge in [0.15, 0.2) is 0 Å². The number of rotatable bonds is 3. The molecule has 0 bridgehead atoms. The third kappa shape index (κ3) is 3.44. The molecule has 1 aliphatic heterocycles. The van der Waals surface area contributed by atoms with Crippen LogP contribution in [-0.4, -0.2) is 43.4 Å². The van der Waals surface area contributed by atoms with Crippen LogP contribution in [0.5, 0.6) is 0 Å². The average molecular weight is 354 g/mol. The second-order valence-electron chi connectivity index (χ2n) is 6.66. The second kappa shape index (κ2) is 6.18. The van der Waals surface area contributed by atoms with Gasteiger partial charge in [0.2, 0.25) is 10.0 Å². The van der Waals surface area contributed by atoms with Gasteiger partial charge in [0.25, 0.3) is 5.91 Å². The van der Waals surface area contributed by atoms with Crippen molar-refractivity contribution in [1.29, 1.82) is 0 Å². The fourth-order valence-electron chi connectivity index (χ4n) is 3.02. The summed E-state index contributed by atoms with van der Waals surface area (Å²) >= 11 is 0. The molecule has 0 spiro atoms. The topological polar surface area (TPSA) is 118 Å². The van der Waals surface area contributed by atoms with Crippen molar-refractivity contribution in [2.45, 2.75) is 38.5 Å². The van der Waals surface area contributed by atoms with Crippen LogP contribution in [0.4, 0.5) is 0 Å². The first-order valence-electron chi connectivity index (χ1n) is 7.62. The number of primary sulfonamides is 1. The molecule has 1 fully saturated rings. The Bertz CT molecular complexity index is 803. The molecule has 1 atom stereocenters. The number of nitrogens with zero attached hydrogens (tertiary/aromatic N) is 1. The third-order valence-corrected chi connectivity index (χ3v) is 5.71. The van der Waals surface area contributed by atoms with Crippen LogP contribution in [0, 0.1) is 19.3 Å². The highest BCUT2D eigenvalue weighted by molar-refractivity contribution is 7.89. The number of piperidine rings is 1. The average Bonchev–Trinajstić information content (AvgIpc) is 2.47. The first-order valence-corrected chi connectivity index (χ1v) is 9.17. The largest absolute Gasteiger partial charge is 0.481 e. The molecule has 0 saturated carbocycles. The van der Waals surface area contributed by atoms with Crippen LogP contribution in [0.15, 0.2) is 17.0 Å². The quantitative estimate of drug-likeness (QED) is 0.848. The maximum absolute atomic E-state index is 12.8. The lowest BCUT2D eigenvalue weighted by Crippen LogP contribution is -2.48. The number of carboxylic acids is 1. The summed E-state index contributed by atoms with van der Waals surface area (Å²) in [6, 6.07) is 2.88. The van der Waals surface area contributed by atoms with E-state index < -0.39 is 21.4 Å². The molecule has 8 heteroatoms. The Hall–Kier alpha value is -1.93. The lowest BCUT2D eigenvalue weighted by molar-refractivity contribution is -0.150. The fraction of sp³-hybridized carbons (Fsp3) is 0.500. The van der Waals surface area contributed by atoms with Crippen molar-refractivity contribution >= 4 is 21.9 Å². The number of carbonyl (C=O) groups is 2. The van der Waals surface area contributed by atoms with Crippen LogP contribution in [0.1, 0.15) is 41.3 Å². The zero-order valence-electron chi connectivity index (χ0n) is 14.0. The second-order valence-corrected chi connectivity index (χ2v) is 8.19. The lowest BCUT2D eigenvalue weighted by atomic mass is 9.82. The van der Waals surface area contributed by atoms with E-state index in [2.05, 4.69) is 0 Å². The van der Waals surface area contributed by atoms with E-state index in [4.69, 9.17) is 5.14 Å². The number of nitrogens with two attached hydrogens (primary N) is 1. The van der Waals surface area contributed by atoms with E-state index in [1.807, 2.05) is 0 Å². The van der Waals surface area contributed by atoms with Crippen molar-refractivity contribution < 1.29 is 23.1 Å². The number of carboxylic acid groups (broad SMARTS) is 1. The predicted molar refractivity (Wildman–Crippen MR) is 88.2 cm³/mol. The van der Waals surface area contributed by atoms with Gasteiger partial charge in [-0.15, -0.1) is 0 Å². The van der Waals surface area contributed by atoms with E-state index in [-0.39, 0.29) is 22.9 Å². The fourth-order valence-corrected chi connectivity index (χ4v) is 3.89. The minimum Gasteiger partial charge on any atom is -0.481 e. The summed E-state index contributed by atoms with van der Waals surface area (Å²) in [4.78, 5) is 25.6. The van der Waals surface area contributed by atoms with E-state index in [0.717, 1.165) is 0 Å². The van der Waals surface area contributed by atoms with Crippen molar-refractivity contribution in [3.05, 3.63) is 28.8 Å². The van der Waals surface area contributed by atoms with Gasteiger partial charge in [-0.25, -0.2) is 13.6 Å². The molecule has 0 radical (unpaired) electrons. The van der Waals surface area contributed by atoms with E-state index in [1.54, 1.807) is 26.8 Å². The summed E-state index contributed by atoms with van der Waals surface area (Å²) in [6.07, 6.45) is 1.09. The maximum atomic E-state index is 12.8. The molecule has 24 heavy (non-hydrogen) atoms. The number of amides is 1. The van der Waals surface area contributed by atoms with Gasteiger partial charge < -0.3 is 10.0 Å². The third-order valence-electron chi connectivity index (χ3n) is 4.67. The monoisotopic (exact) mass is 354 g/mol. The van der Waals surface area contributed by atoms with Gasteiger partial charge in [0, 0.05) is 18.7 Å². The minimum atomic E-state index is -3.94. The molecular formula is C16H22N2O5S. The van der Waals surface area contributed by atoms with Crippen molar-refractivity contribution in [2.75, 3.05) is 13.1 Å². The van der Waals surface area contributed by atoms with Crippen LogP contribution >= 0.6 is 0 Å². The van der Waals surface area contributed by atoms with Crippen molar-refractivity contribution in [3.8, 4) is 0 Å². The molecule has 1 heterocycles. The summed E-state index contributed by atoms with van der Waals surface area (Å²) in [6.45, 7) is 5.49. The van der Waals surface area contributed by atoms with Gasteiger partial charge in [0.1, 0.15) is 0 Å². The summed E-state index contributed by atoms with van der Waals surface area (Å²) < 4.78 is 23.4. The highest BCUT2D eigenvalue weighted by atomic mass is 32.2. The van der Waals surface area contributed by atoms with Crippen LogP contribution < -0.4 is 5.14 Å². The normalized spacial score (nSPS) is 21.6. The number of carbonyl (C=O) groups excluding carboxylic acids is 1. The summed E-state index contributed by atoms with van der Waals surface area (Å²) in [5.74, 6) is -1.32. The zero-order valence-corrected chi connectivity index (χ0v) is 14.8. The molecule has 7 nitrogen and oxygen atoms in total. The van der Waals surface area contributed by atoms with Gasteiger partial charge >= 0.3 is 5.97 Å². The van der Waals surface area contributed by atoms with E-state index >= 15 is 0 Å². The van der Waals surface area contributed by atoms with E-state index in [1.165, 1.54) is 11.0 Å². The minimum absolute atomic E-state index is 0.0798. The van der Waals surface area contributed by atoms with Gasteiger partial charge in [-0.1, -0.05) is 0 Å². The molecule has 0 aliphatic carbocycles. The summed E-state index contributed by atoms with van der Waals surface area (Å²) in [5.41, 5.74) is 0.360. The molecular weight excluding hydrogens is 332 g/mol. The highest BCUT2D eigenvalue weighted by Gasteiger charge is 2.39. The molecule has 1 amide bonds. The summed E-state index contributed by atoms with van der Waals surface area (Å²) in [5, 5.41) is 14.6. The first kappa shape index (κ1) is 18.4. The van der Waals surface area contributed by atoms with Crippen LogP contribution in [0.2, 0.25) is 0 Å². The van der Waals surface area contributed by atoms with Gasteiger partial charge in [-0.05, 0) is 56.9 Å². The molecule has 1 unspecified atom stereocenters. The number of sulfonamides is 1. The zero-order chi connectivity index (χ0) is 18.3. The Morgan fingerprint density at radius 1 is 1.29 bits per heavy atom. The summed E-state index contributed by atoms with van der Waals surface area (Å²) in [7, 11) is -3.94. The van der Waals surface area contributed by atoms with Crippen LogP contribution in [0.25, 0.3) is 0 Å². The van der Waals surface area contributed by atoms with E-state index in [9.17, 15) is 23.1 Å². The Morgan fingerprint density at radius 3 is 2.46 bits per heavy atom. The van der Waals surface area contributed by atoms with Crippen molar-refractivity contribution in [1.82, 2.24) is 4.90 Å². The van der Waals surface area contributed by atoms with Gasteiger partial charge in [-0.3, -0.25) is 9.59 Å². The van der Waals surface area contributed by atoms with Crippen LogP contribution in [-0.2, 0) is 14.8 Å². The molecule has 1 aliphatic rings. The van der Waals surface area contributed by atoms with Crippen molar-refractivity contribution in [2.24, 2.45) is 10.6 Å². The Labute approximate surface area is 141 Å². The Balaban J connectivity index is 2.40. The molecule has 132 valence electrons. The molecule has 2 rings (SSSR count).